The van der Waals surface area contributed by atoms with Crippen molar-refractivity contribution >= 4 is 0 Å². The van der Waals surface area contributed by atoms with E-state index in [1.54, 1.807) is 42.3 Å². The Labute approximate surface area is 87.0 Å². The molecule has 0 unspecified atom stereocenters. The molecule has 4 nitrogen and oxygen atoms in total. The zero-order valence-corrected chi connectivity index (χ0v) is 11.6. The molecule has 0 atom stereocenters. The van der Waals surface area contributed by atoms with Crippen molar-refractivity contribution in [3.63, 3.8) is 0 Å². The smallest absolute Gasteiger partial charge is 0 e. The van der Waals surface area contributed by atoms with Crippen molar-refractivity contribution in [3.8, 4) is 0 Å². The monoisotopic (exact) mass is 329 g/mol. The molecule has 5 heteroatoms. The van der Waals surface area contributed by atoms with Gasteiger partial charge in [-0.3, -0.25) is 0 Å². The van der Waals surface area contributed by atoms with E-state index >= 15 is 0 Å². The van der Waals surface area contributed by atoms with Gasteiger partial charge >= 0.3 is 0 Å². The number of rotatable bonds is 0. The van der Waals surface area contributed by atoms with Crippen LogP contribution in [-0.4, -0.2) is 42.3 Å². The minimum atomic E-state index is 0. The topological polar surface area (TPSA) is 75.8 Å². The van der Waals surface area contributed by atoms with Crippen LogP contribution in [0.5, 0.6) is 0 Å². The van der Waals surface area contributed by atoms with E-state index in [0.29, 0.717) is 0 Å². The second-order valence-corrected chi connectivity index (χ2v) is 1.34. The normalized spacial score (nSPS) is 4.91. The molecule has 0 heterocycles. The van der Waals surface area contributed by atoms with Crippen LogP contribution in [0.2, 0.25) is 0 Å². The molecular formula is C6H20N4Ta-4. The fourth-order valence-electron chi connectivity index (χ4n) is 0. The zero-order chi connectivity index (χ0) is 8.12. The predicted octanol–water partition coefficient (Wildman–Crippen LogP) is 2.57. The minimum Gasteiger partial charge on any atom is -0.693 e. The fourth-order valence-corrected chi connectivity index (χ4v) is 0. The third kappa shape index (κ3) is 2310. The van der Waals surface area contributed by atoms with Crippen LogP contribution in [0.25, 0.3) is 22.1 Å². The van der Waals surface area contributed by atoms with E-state index in [0.717, 1.165) is 0 Å². The molecule has 0 aromatic heterocycles. The number of nitrogens with zero attached hydrogens (tertiary/aromatic N) is 3. The van der Waals surface area contributed by atoms with Gasteiger partial charge in [-0.25, -0.2) is 0 Å². The summed E-state index contributed by atoms with van der Waals surface area (Å²) >= 11 is 0. The molecule has 73 valence electrons. The fraction of sp³-hybridized carbons (Fsp3) is 1.00. The molecule has 0 aliphatic rings. The maximum absolute atomic E-state index is 3.50. The van der Waals surface area contributed by atoms with E-state index in [9.17, 15) is 0 Å². The molecule has 0 bridgehead atoms. The molecule has 0 saturated carbocycles. The van der Waals surface area contributed by atoms with Gasteiger partial charge in [-0.05, 0) is 0 Å². The second kappa shape index (κ2) is 75.8. The van der Waals surface area contributed by atoms with E-state index in [1.165, 1.54) is 0 Å². The summed E-state index contributed by atoms with van der Waals surface area (Å²) in [5, 5.41) is 10.5. The Kier molecular flexibility index (Phi) is 206. The van der Waals surface area contributed by atoms with Gasteiger partial charge in [0.25, 0.3) is 0 Å². The van der Waals surface area contributed by atoms with Gasteiger partial charge in [0.05, 0.1) is 0 Å². The first-order chi connectivity index (χ1) is 4.24. The van der Waals surface area contributed by atoms with Gasteiger partial charge in [-0.2, -0.15) is 42.3 Å². The van der Waals surface area contributed by atoms with Crippen LogP contribution in [0.3, 0.4) is 0 Å². The maximum atomic E-state index is 3.50. The standard InChI is InChI=1S/3C2H6N.H2N.Ta/c3*1-3-2;;/h3*1-2H3;1H2;/q4*-1;. The van der Waals surface area contributed by atoms with Crippen molar-refractivity contribution in [2.75, 3.05) is 42.3 Å². The molecule has 0 aromatic rings. The molecular weight excluding hydrogens is 309 g/mol. The Hall–Kier alpha value is 0.580. The van der Waals surface area contributed by atoms with Gasteiger partial charge in [0.1, 0.15) is 0 Å². The Morgan fingerprint density at radius 3 is 0.545 bits per heavy atom. The number of nitrogens with two attached hydrogens (primary N) is 1. The minimum absolute atomic E-state index is 0. The van der Waals surface area contributed by atoms with Crippen molar-refractivity contribution < 1.29 is 22.4 Å². The van der Waals surface area contributed by atoms with E-state index in [4.69, 9.17) is 0 Å². The summed E-state index contributed by atoms with van der Waals surface area (Å²) in [5.74, 6) is 0. The number of hydrogen-bond donors (Lipinski definition) is 0. The van der Waals surface area contributed by atoms with Crippen LogP contribution in [0.4, 0.5) is 0 Å². The summed E-state index contributed by atoms with van der Waals surface area (Å²) in [7, 11) is 10.5. The number of hydrogen-bond acceptors (Lipinski definition) is 0. The Morgan fingerprint density at radius 1 is 0.545 bits per heavy atom. The molecule has 0 aliphatic carbocycles. The molecule has 0 aromatic carbocycles. The molecule has 0 spiro atoms. The van der Waals surface area contributed by atoms with Gasteiger partial charge in [0, 0.05) is 22.4 Å². The molecule has 0 fully saturated rings. The average Bonchev–Trinajstić information content (AvgIpc) is 1.70. The molecule has 2 N–H and O–H groups in total. The molecule has 0 aliphatic heterocycles. The van der Waals surface area contributed by atoms with Gasteiger partial charge in [0.2, 0.25) is 0 Å². The molecule has 11 heavy (non-hydrogen) atoms. The van der Waals surface area contributed by atoms with Gasteiger partial charge in [-0.15, -0.1) is 0 Å². The van der Waals surface area contributed by atoms with Crippen LogP contribution in [0.15, 0.2) is 0 Å². The Balaban J connectivity index is -0.0000000150. The second-order valence-electron chi connectivity index (χ2n) is 1.34. The van der Waals surface area contributed by atoms with Crippen molar-refractivity contribution in [3.05, 3.63) is 22.1 Å². The summed E-state index contributed by atoms with van der Waals surface area (Å²) < 4.78 is 0. The largest absolute Gasteiger partial charge is 0.693 e. The van der Waals surface area contributed by atoms with Crippen molar-refractivity contribution in [2.45, 2.75) is 0 Å². The van der Waals surface area contributed by atoms with Crippen LogP contribution < -0.4 is 0 Å². The molecule has 0 rings (SSSR count). The van der Waals surface area contributed by atoms with E-state index < -0.39 is 0 Å². The molecule has 0 amide bonds. The van der Waals surface area contributed by atoms with E-state index in [-0.39, 0.29) is 28.5 Å². The van der Waals surface area contributed by atoms with Gasteiger partial charge < -0.3 is 22.1 Å². The zero-order valence-electron chi connectivity index (χ0n) is 8.37. The maximum Gasteiger partial charge on any atom is 0 e. The first-order valence-corrected chi connectivity index (χ1v) is 2.68. The average molecular weight is 329 g/mol. The summed E-state index contributed by atoms with van der Waals surface area (Å²) in [6.45, 7) is 0. The van der Waals surface area contributed by atoms with Crippen LogP contribution in [-0.2, 0) is 22.4 Å². The van der Waals surface area contributed by atoms with Gasteiger partial charge in [0.15, 0.2) is 0 Å². The first-order valence-electron chi connectivity index (χ1n) is 2.68. The van der Waals surface area contributed by atoms with Crippen molar-refractivity contribution in [1.82, 2.24) is 0 Å². The SMILES string of the molecule is C[N-]C.C[N-]C.C[N-]C.[NH2-].[Ta]. The van der Waals surface area contributed by atoms with Crippen LogP contribution in [0, 0.1) is 0 Å². The third-order valence-corrected chi connectivity index (χ3v) is 0. The van der Waals surface area contributed by atoms with Crippen molar-refractivity contribution in [1.29, 1.82) is 0 Å². The summed E-state index contributed by atoms with van der Waals surface area (Å²) in [6, 6.07) is 0. The summed E-state index contributed by atoms with van der Waals surface area (Å²) in [6.07, 6.45) is 0. The molecule has 0 saturated heterocycles. The Bertz CT molecular complexity index is 19.3. The third-order valence-electron chi connectivity index (χ3n) is 0. The summed E-state index contributed by atoms with van der Waals surface area (Å²) in [4.78, 5) is 0. The predicted molar refractivity (Wildman–Crippen MR) is 50.9 cm³/mol. The summed E-state index contributed by atoms with van der Waals surface area (Å²) in [5.41, 5.74) is 0. The Morgan fingerprint density at radius 2 is 0.545 bits per heavy atom. The molecule has 1 radical (unpaired) electrons. The quantitative estimate of drug-likeness (QED) is 0.655. The van der Waals surface area contributed by atoms with E-state index in [2.05, 4.69) is 16.0 Å². The first kappa shape index (κ1) is 29.9. The van der Waals surface area contributed by atoms with Crippen LogP contribution in [0.1, 0.15) is 0 Å². The van der Waals surface area contributed by atoms with Gasteiger partial charge in [-0.1, -0.05) is 0 Å². The van der Waals surface area contributed by atoms with Crippen molar-refractivity contribution in [2.24, 2.45) is 0 Å². The van der Waals surface area contributed by atoms with Crippen LogP contribution >= 0.6 is 0 Å². The van der Waals surface area contributed by atoms with E-state index in [1.807, 2.05) is 0 Å².